The third-order valence-corrected chi connectivity index (χ3v) is 7.38. The minimum Gasteiger partial charge on any atom is -0.356 e. The van der Waals surface area contributed by atoms with Crippen LogP contribution in [0.25, 0.3) is 11.3 Å². The van der Waals surface area contributed by atoms with Crippen LogP contribution in [0.4, 0.5) is 0 Å². The van der Waals surface area contributed by atoms with Crippen molar-refractivity contribution in [3.63, 3.8) is 0 Å². The smallest absolute Gasteiger partial charge is 0.240 e. The topological polar surface area (TPSA) is 72.2 Å². The third kappa shape index (κ3) is 3.62. The molecule has 1 fully saturated rings. The Labute approximate surface area is 165 Å². The van der Waals surface area contributed by atoms with E-state index in [-0.39, 0.29) is 11.5 Å². The summed E-state index contributed by atoms with van der Waals surface area (Å²) in [5, 5.41) is 4.21. The maximum absolute atomic E-state index is 12.6. The van der Waals surface area contributed by atoms with E-state index >= 15 is 0 Å². The highest BCUT2D eigenvalue weighted by Gasteiger charge is 2.49. The summed E-state index contributed by atoms with van der Waals surface area (Å²) in [7, 11) is -3.50. The van der Waals surface area contributed by atoms with E-state index in [2.05, 4.69) is 23.7 Å². The fourth-order valence-electron chi connectivity index (χ4n) is 3.82. The van der Waals surface area contributed by atoms with Crippen molar-refractivity contribution in [2.75, 3.05) is 0 Å². The zero-order chi connectivity index (χ0) is 19.8. The molecule has 0 bridgehead atoms. The first-order valence-electron chi connectivity index (χ1n) is 9.44. The number of hydrogen-bond acceptors (Lipinski definition) is 4. The molecule has 146 valence electrons. The van der Waals surface area contributed by atoms with Gasteiger partial charge in [0.15, 0.2) is 5.76 Å². The summed E-state index contributed by atoms with van der Waals surface area (Å²) < 4.78 is 33.6. The van der Waals surface area contributed by atoms with Crippen LogP contribution < -0.4 is 4.72 Å². The van der Waals surface area contributed by atoms with Crippen molar-refractivity contribution in [2.24, 2.45) is 11.3 Å². The van der Waals surface area contributed by atoms with Crippen molar-refractivity contribution >= 4 is 10.0 Å². The van der Waals surface area contributed by atoms with E-state index in [1.54, 1.807) is 24.3 Å². The first-order valence-corrected chi connectivity index (χ1v) is 10.9. The molecule has 1 heterocycles. The molecule has 1 aliphatic rings. The summed E-state index contributed by atoms with van der Waals surface area (Å²) in [5.41, 5.74) is 1.75. The zero-order valence-electron chi connectivity index (χ0n) is 16.0. The Morgan fingerprint density at radius 2 is 1.71 bits per heavy atom. The quantitative estimate of drug-likeness (QED) is 0.675. The van der Waals surface area contributed by atoms with E-state index < -0.39 is 10.0 Å². The minimum absolute atomic E-state index is 0.0943. The molecule has 1 aromatic heterocycles. The maximum Gasteiger partial charge on any atom is 0.240 e. The van der Waals surface area contributed by atoms with Crippen molar-refractivity contribution in [3.8, 4) is 11.3 Å². The van der Waals surface area contributed by atoms with Gasteiger partial charge in [-0.2, -0.15) is 0 Å². The summed E-state index contributed by atoms with van der Waals surface area (Å²) in [4.78, 5) is 0.304. The largest absolute Gasteiger partial charge is 0.356 e. The molecule has 0 amide bonds. The summed E-state index contributed by atoms with van der Waals surface area (Å²) in [6.07, 6.45) is 1.56. The Bertz CT molecular complexity index is 1040. The molecule has 0 saturated heterocycles. The monoisotopic (exact) mass is 396 g/mol. The summed E-state index contributed by atoms with van der Waals surface area (Å²) in [6, 6.07) is 20.3. The van der Waals surface area contributed by atoms with Gasteiger partial charge < -0.3 is 4.52 Å². The number of benzene rings is 2. The van der Waals surface area contributed by atoms with E-state index in [1.165, 1.54) is 0 Å². The van der Waals surface area contributed by atoms with Crippen LogP contribution in [0, 0.1) is 11.3 Å². The van der Waals surface area contributed by atoms with Gasteiger partial charge in [0.05, 0.1) is 10.6 Å². The highest BCUT2D eigenvalue weighted by atomic mass is 32.2. The van der Waals surface area contributed by atoms with E-state index in [9.17, 15) is 8.42 Å². The molecule has 28 heavy (non-hydrogen) atoms. The van der Waals surface area contributed by atoms with Gasteiger partial charge in [-0.3, -0.25) is 0 Å². The predicted octanol–water partition coefficient (Wildman–Crippen LogP) is 4.28. The van der Waals surface area contributed by atoms with Crippen LogP contribution in [0.15, 0.2) is 76.1 Å². The molecule has 2 atom stereocenters. The molecule has 3 aromatic rings. The predicted molar refractivity (Wildman–Crippen MR) is 108 cm³/mol. The van der Waals surface area contributed by atoms with Crippen LogP contribution in [0.5, 0.6) is 0 Å². The standard InChI is InChI=1S/C22H24N2O3S/c1-22(2)17(13-18-15-20(27-23-18)16-9-5-3-6-10-16)14-21(22)24-28(25,26)19-11-7-4-8-12-19/h3-12,15,17,21,24H,13-14H2,1-2H3. The van der Waals surface area contributed by atoms with Gasteiger partial charge in [-0.25, -0.2) is 13.1 Å². The number of rotatable bonds is 6. The lowest BCUT2D eigenvalue weighted by atomic mass is 9.57. The maximum atomic E-state index is 12.6. The molecule has 1 N–H and O–H groups in total. The number of sulfonamides is 1. The molecule has 0 aliphatic heterocycles. The highest BCUT2D eigenvalue weighted by molar-refractivity contribution is 7.89. The summed E-state index contributed by atoms with van der Waals surface area (Å²) in [5.74, 6) is 1.10. The van der Waals surface area contributed by atoms with Gasteiger partial charge in [0, 0.05) is 17.7 Å². The Balaban J connectivity index is 1.42. The first kappa shape index (κ1) is 18.9. The van der Waals surface area contributed by atoms with Gasteiger partial charge in [-0.05, 0) is 36.3 Å². The van der Waals surface area contributed by atoms with Gasteiger partial charge in [0.2, 0.25) is 10.0 Å². The van der Waals surface area contributed by atoms with Crippen LogP contribution in [0.1, 0.15) is 26.0 Å². The molecule has 0 radical (unpaired) electrons. The summed E-state index contributed by atoms with van der Waals surface area (Å²) in [6.45, 7) is 4.22. The molecule has 5 nitrogen and oxygen atoms in total. The Morgan fingerprint density at radius 1 is 1.07 bits per heavy atom. The van der Waals surface area contributed by atoms with Gasteiger partial charge >= 0.3 is 0 Å². The molecule has 1 aliphatic carbocycles. The number of nitrogens with zero attached hydrogens (tertiary/aromatic N) is 1. The van der Waals surface area contributed by atoms with Crippen molar-refractivity contribution in [2.45, 2.75) is 37.6 Å². The normalized spacial score (nSPS) is 21.2. The Hall–Kier alpha value is -2.44. The molecule has 1 saturated carbocycles. The van der Waals surface area contributed by atoms with Gasteiger partial charge in [-0.15, -0.1) is 0 Å². The lowest BCUT2D eigenvalue weighted by Gasteiger charge is -2.52. The second kappa shape index (κ2) is 7.18. The minimum atomic E-state index is -3.50. The zero-order valence-corrected chi connectivity index (χ0v) is 16.8. The van der Waals surface area contributed by atoms with E-state index in [0.29, 0.717) is 10.8 Å². The van der Waals surface area contributed by atoms with Gasteiger partial charge in [0.1, 0.15) is 0 Å². The van der Waals surface area contributed by atoms with E-state index in [4.69, 9.17) is 4.52 Å². The van der Waals surface area contributed by atoms with Gasteiger partial charge in [0.25, 0.3) is 0 Å². The molecule has 0 spiro atoms. The molecular formula is C22H24N2O3S. The van der Waals surface area contributed by atoms with E-state index in [1.807, 2.05) is 42.5 Å². The van der Waals surface area contributed by atoms with Crippen molar-refractivity contribution in [3.05, 3.63) is 72.4 Å². The Kier molecular flexibility index (Phi) is 4.85. The van der Waals surface area contributed by atoms with Crippen LogP contribution in [0.3, 0.4) is 0 Å². The number of hydrogen-bond donors (Lipinski definition) is 1. The first-order chi connectivity index (χ1) is 13.4. The summed E-state index contributed by atoms with van der Waals surface area (Å²) >= 11 is 0. The number of nitrogens with one attached hydrogen (secondary N) is 1. The highest BCUT2D eigenvalue weighted by Crippen LogP contribution is 2.48. The average Bonchev–Trinajstić information content (AvgIpc) is 3.17. The van der Waals surface area contributed by atoms with Crippen molar-refractivity contribution in [1.82, 2.24) is 9.88 Å². The fraction of sp³-hybridized carbons (Fsp3) is 0.318. The van der Waals surface area contributed by atoms with Crippen molar-refractivity contribution in [1.29, 1.82) is 0 Å². The molecule has 4 rings (SSSR count). The average molecular weight is 397 g/mol. The van der Waals surface area contributed by atoms with E-state index in [0.717, 1.165) is 29.9 Å². The van der Waals surface area contributed by atoms with Gasteiger partial charge in [-0.1, -0.05) is 67.5 Å². The molecule has 2 unspecified atom stereocenters. The Morgan fingerprint density at radius 3 is 2.36 bits per heavy atom. The molecule has 2 aromatic carbocycles. The fourth-order valence-corrected chi connectivity index (χ4v) is 5.24. The third-order valence-electron chi connectivity index (χ3n) is 5.89. The van der Waals surface area contributed by atoms with Crippen LogP contribution in [0.2, 0.25) is 0 Å². The SMILES string of the molecule is CC1(C)C(Cc2cc(-c3ccccc3)on2)CC1NS(=O)(=O)c1ccccc1. The second-order valence-corrected chi connectivity index (χ2v) is 9.71. The number of aromatic nitrogens is 1. The molecular weight excluding hydrogens is 372 g/mol. The van der Waals surface area contributed by atoms with Crippen LogP contribution in [-0.4, -0.2) is 19.6 Å². The second-order valence-electron chi connectivity index (χ2n) is 7.99. The lowest BCUT2D eigenvalue weighted by Crippen LogP contribution is -2.58. The van der Waals surface area contributed by atoms with Crippen LogP contribution >= 0.6 is 0 Å². The molecule has 6 heteroatoms. The lowest BCUT2D eigenvalue weighted by molar-refractivity contribution is 0.0270. The van der Waals surface area contributed by atoms with Crippen LogP contribution in [-0.2, 0) is 16.4 Å². The van der Waals surface area contributed by atoms with Crippen molar-refractivity contribution < 1.29 is 12.9 Å².